The van der Waals surface area contributed by atoms with E-state index in [0.29, 0.717) is 0 Å². The zero-order valence-electron chi connectivity index (χ0n) is 7.62. The van der Waals surface area contributed by atoms with Crippen molar-refractivity contribution in [1.29, 1.82) is 0 Å². The minimum atomic E-state index is 0.797. The minimum Gasteiger partial charge on any atom is -0.308 e. The Labute approximate surface area is 82.4 Å². The van der Waals surface area contributed by atoms with Crippen molar-refractivity contribution in [1.82, 2.24) is 10.3 Å². The van der Waals surface area contributed by atoms with E-state index in [1.54, 1.807) is 0 Å². The molecule has 3 heteroatoms. The highest BCUT2D eigenvalue weighted by molar-refractivity contribution is 7.09. The number of aromatic nitrogens is 1. The number of nitrogens with one attached hydrogen (secondary N) is 1. The van der Waals surface area contributed by atoms with E-state index >= 15 is 0 Å². The number of nitrogens with zero attached hydrogens (tertiary/aromatic N) is 1. The van der Waals surface area contributed by atoms with Gasteiger partial charge in [0.25, 0.3) is 0 Å². The van der Waals surface area contributed by atoms with E-state index in [1.165, 1.54) is 36.4 Å². The molecule has 2 nitrogen and oxygen atoms in total. The summed E-state index contributed by atoms with van der Waals surface area (Å²) in [5.74, 6) is 0.819. The van der Waals surface area contributed by atoms with Crippen molar-refractivity contribution >= 4 is 11.3 Å². The van der Waals surface area contributed by atoms with E-state index in [2.05, 4.69) is 15.7 Å². The molecule has 0 bridgehead atoms. The average Bonchev–Trinajstić information content (AvgIpc) is 3.03. The normalized spacial score (nSPS) is 22.2. The van der Waals surface area contributed by atoms with Crippen molar-refractivity contribution in [3.8, 4) is 0 Å². The van der Waals surface area contributed by atoms with Gasteiger partial charge in [-0.25, -0.2) is 4.98 Å². The minimum absolute atomic E-state index is 0.797. The fourth-order valence-electron chi connectivity index (χ4n) is 1.46. The van der Waals surface area contributed by atoms with E-state index in [4.69, 9.17) is 0 Å². The lowest BCUT2D eigenvalue weighted by Crippen LogP contribution is -2.15. The third-order valence-corrected chi connectivity index (χ3v) is 3.70. The van der Waals surface area contributed by atoms with Crippen LogP contribution in [0.25, 0.3) is 0 Å². The van der Waals surface area contributed by atoms with Gasteiger partial charge in [0.15, 0.2) is 0 Å². The van der Waals surface area contributed by atoms with E-state index in [0.717, 1.165) is 18.5 Å². The van der Waals surface area contributed by atoms with Gasteiger partial charge in [-0.2, -0.15) is 0 Å². The molecule has 0 aliphatic heterocycles. The number of hydrogen-bond donors (Lipinski definition) is 1. The second-order valence-corrected chi connectivity index (χ2v) is 5.00. The average molecular weight is 194 g/mol. The van der Waals surface area contributed by atoms with Crippen LogP contribution in [0.5, 0.6) is 0 Å². The molecule has 70 valence electrons. The molecule has 2 aliphatic carbocycles. The van der Waals surface area contributed by atoms with Gasteiger partial charge >= 0.3 is 0 Å². The number of thiazole rings is 1. The maximum Gasteiger partial charge on any atom is 0.0959 e. The quantitative estimate of drug-likeness (QED) is 0.795. The molecule has 2 fully saturated rings. The van der Waals surface area contributed by atoms with Gasteiger partial charge in [0, 0.05) is 23.9 Å². The molecule has 2 saturated carbocycles. The molecule has 13 heavy (non-hydrogen) atoms. The molecule has 0 saturated heterocycles. The third-order valence-electron chi connectivity index (χ3n) is 2.65. The molecule has 0 amide bonds. The first-order chi connectivity index (χ1) is 6.42. The molecule has 0 spiro atoms. The van der Waals surface area contributed by atoms with Crippen molar-refractivity contribution in [3.63, 3.8) is 0 Å². The van der Waals surface area contributed by atoms with Crippen molar-refractivity contribution in [2.24, 2.45) is 0 Å². The fraction of sp³-hybridized carbons (Fsp3) is 0.700. The lowest BCUT2D eigenvalue weighted by molar-refractivity contribution is 0.675. The Morgan fingerprint density at radius 1 is 1.38 bits per heavy atom. The second kappa shape index (κ2) is 3.07. The SMILES string of the molecule is c1sc(C2CC2)nc1CNC1CC1. The van der Waals surface area contributed by atoms with Crippen LogP contribution < -0.4 is 5.32 Å². The smallest absolute Gasteiger partial charge is 0.0959 e. The predicted molar refractivity (Wildman–Crippen MR) is 54.0 cm³/mol. The lowest BCUT2D eigenvalue weighted by Gasteiger charge is -1.97. The summed E-state index contributed by atoms with van der Waals surface area (Å²) in [4.78, 5) is 4.63. The molecule has 0 aromatic carbocycles. The summed E-state index contributed by atoms with van der Waals surface area (Å²) >= 11 is 1.84. The van der Waals surface area contributed by atoms with Crippen LogP contribution in [0.1, 0.15) is 42.3 Å². The van der Waals surface area contributed by atoms with Gasteiger partial charge in [-0.1, -0.05) is 0 Å². The zero-order chi connectivity index (χ0) is 8.67. The highest BCUT2D eigenvalue weighted by Crippen LogP contribution is 2.41. The van der Waals surface area contributed by atoms with Crippen LogP contribution in [-0.4, -0.2) is 11.0 Å². The molecule has 1 aromatic heterocycles. The fourth-order valence-corrected chi connectivity index (χ4v) is 2.45. The van der Waals surface area contributed by atoms with Gasteiger partial charge in [-0.3, -0.25) is 0 Å². The third kappa shape index (κ3) is 1.92. The molecular formula is C10H14N2S. The monoisotopic (exact) mass is 194 g/mol. The Balaban J connectivity index is 1.59. The van der Waals surface area contributed by atoms with E-state index in [-0.39, 0.29) is 0 Å². The summed E-state index contributed by atoms with van der Waals surface area (Å²) in [5, 5.41) is 7.07. The van der Waals surface area contributed by atoms with Crippen LogP contribution in [-0.2, 0) is 6.54 Å². The summed E-state index contributed by atoms with van der Waals surface area (Å²) in [6.07, 6.45) is 5.45. The van der Waals surface area contributed by atoms with Crippen LogP contribution in [0.2, 0.25) is 0 Å². The molecule has 1 heterocycles. The Morgan fingerprint density at radius 2 is 2.23 bits per heavy atom. The van der Waals surface area contributed by atoms with Crippen LogP contribution in [0.3, 0.4) is 0 Å². The molecule has 0 radical (unpaired) electrons. The van der Waals surface area contributed by atoms with Gasteiger partial charge in [0.1, 0.15) is 0 Å². The van der Waals surface area contributed by atoms with E-state index in [1.807, 2.05) is 11.3 Å². The van der Waals surface area contributed by atoms with Gasteiger partial charge in [-0.15, -0.1) is 11.3 Å². The molecule has 0 unspecified atom stereocenters. The summed E-state index contributed by atoms with van der Waals surface area (Å²) in [6.45, 7) is 0.980. The summed E-state index contributed by atoms with van der Waals surface area (Å²) in [7, 11) is 0. The molecule has 3 rings (SSSR count). The number of hydrogen-bond acceptors (Lipinski definition) is 3. The highest BCUT2D eigenvalue weighted by atomic mass is 32.1. The van der Waals surface area contributed by atoms with Gasteiger partial charge in [0.2, 0.25) is 0 Å². The summed E-state index contributed by atoms with van der Waals surface area (Å²) in [6, 6.07) is 0.797. The Bertz CT molecular complexity index is 300. The van der Waals surface area contributed by atoms with Crippen molar-refractivity contribution in [3.05, 3.63) is 16.1 Å². The molecule has 1 N–H and O–H groups in total. The molecule has 0 atom stereocenters. The van der Waals surface area contributed by atoms with Crippen LogP contribution >= 0.6 is 11.3 Å². The maximum absolute atomic E-state index is 4.63. The Hall–Kier alpha value is -0.410. The highest BCUT2D eigenvalue weighted by Gasteiger charge is 2.27. The Morgan fingerprint density at radius 3 is 2.92 bits per heavy atom. The van der Waals surface area contributed by atoms with Gasteiger partial charge in [0.05, 0.1) is 10.7 Å². The Kier molecular flexibility index (Phi) is 1.87. The zero-order valence-corrected chi connectivity index (χ0v) is 8.44. The van der Waals surface area contributed by atoms with E-state index < -0.39 is 0 Å². The van der Waals surface area contributed by atoms with Crippen molar-refractivity contribution in [2.75, 3.05) is 0 Å². The standard InChI is InChI=1S/C10H14N2S/c1-2-7(1)10-12-9(6-13-10)5-11-8-3-4-8/h6-8,11H,1-5H2. The first-order valence-corrected chi connectivity index (χ1v) is 5.97. The predicted octanol–water partition coefficient (Wildman–Crippen LogP) is 2.27. The van der Waals surface area contributed by atoms with Crippen molar-refractivity contribution < 1.29 is 0 Å². The second-order valence-electron chi connectivity index (χ2n) is 4.11. The van der Waals surface area contributed by atoms with Crippen LogP contribution in [0, 0.1) is 0 Å². The van der Waals surface area contributed by atoms with Crippen LogP contribution in [0.4, 0.5) is 0 Å². The van der Waals surface area contributed by atoms with Gasteiger partial charge in [-0.05, 0) is 25.7 Å². The summed E-state index contributed by atoms with van der Waals surface area (Å²) < 4.78 is 0. The summed E-state index contributed by atoms with van der Waals surface area (Å²) in [5.41, 5.74) is 1.25. The largest absolute Gasteiger partial charge is 0.308 e. The first kappa shape index (κ1) is 7.94. The van der Waals surface area contributed by atoms with Crippen molar-refractivity contribution in [2.45, 2.75) is 44.2 Å². The molecular weight excluding hydrogens is 180 g/mol. The van der Waals surface area contributed by atoms with E-state index in [9.17, 15) is 0 Å². The maximum atomic E-state index is 4.63. The van der Waals surface area contributed by atoms with Gasteiger partial charge < -0.3 is 5.32 Å². The van der Waals surface area contributed by atoms with Crippen LogP contribution in [0.15, 0.2) is 5.38 Å². The molecule has 1 aromatic rings. The lowest BCUT2D eigenvalue weighted by atomic mass is 10.4. The number of rotatable bonds is 4. The first-order valence-electron chi connectivity index (χ1n) is 5.09. The molecule has 2 aliphatic rings. The topological polar surface area (TPSA) is 24.9 Å².